The Balaban J connectivity index is 1.35. The fourth-order valence-corrected chi connectivity index (χ4v) is 3.43. The molecular formula is C15H18FN7O. The Labute approximate surface area is 137 Å². The summed E-state index contributed by atoms with van der Waals surface area (Å²) in [6.45, 7) is 2.75. The van der Waals surface area contributed by atoms with Gasteiger partial charge in [0.2, 0.25) is 5.95 Å². The van der Waals surface area contributed by atoms with Crippen LogP contribution in [0.4, 0.5) is 21.8 Å². The van der Waals surface area contributed by atoms with Crippen LogP contribution >= 0.6 is 0 Å². The topological polar surface area (TPSA) is 94.1 Å². The number of ether oxygens (including phenoxy) is 1. The maximum Gasteiger partial charge on any atom is 0.229 e. The lowest BCUT2D eigenvalue weighted by atomic mass is 10.3. The first-order valence-electron chi connectivity index (χ1n) is 8.06. The number of nitrogens with two attached hydrogens (primary N) is 1. The van der Waals surface area contributed by atoms with Gasteiger partial charge in [-0.25, -0.2) is 9.37 Å². The Morgan fingerprint density at radius 2 is 2.25 bits per heavy atom. The molecule has 0 spiro atoms. The maximum absolute atomic E-state index is 14.1. The van der Waals surface area contributed by atoms with E-state index in [4.69, 9.17) is 10.5 Å². The van der Waals surface area contributed by atoms with Crippen LogP contribution in [-0.4, -0.2) is 51.6 Å². The van der Waals surface area contributed by atoms with E-state index in [1.165, 1.54) is 6.20 Å². The first kappa shape index (κ1) is 14.1. The molecule has 2 aliphatic heterocycles. The van der Waals surface area contributed by atoms with Gasteiger partial charge in [0, 0.05) is 24.8 Å². The number of anilines is 3. The Kier molecular flexibility index (Phi) is 2.86. The molecule has 0 radical (unpaired) electrons. The second kappa shape index (κ2) is 4.87. The lowest BCUT2D eigenvalue weighted by Crippen LogP contribution is -2.34. The van der Waals surface area contributed by atoms with Crippen LogP contribution in [0.15, 0.2) is 18.6 Å². The maximum atomic E-state index is 14.1. The van der Waals surface area contributed by atoms with Gasteiger partial charge in [0.05, 0.1) is 37.3 Å². The standard InChI is InChI=1S/C15H18FN7O/c16-12-3-18-14(20-10-2-19-23(5-10)11-6-24-7-11)21-13(12)22-4-9-1-15(9,17)8-22/h2-3,5,9,11H,1,4,6-8,17H2,(H,18,20,21)/t9-,15-/m1/s1. The van der Waals surface area contributed by atoms with Crippen molar-refractivity contribution in [1.82, 2.24) is 19.7 Å². The minimum Gasteiger partial charge on any atom is -0.377 e. The van der Waals surface area contributed by atoms with Gasteiger partial charge in [-0.1, -0.05) is 0 Å². The molecule has 1 saturated carbocycles. The van der Waals surface area contributed by atoms with E-state index in [1.807, 2.05) is 15.8 Å². The summed E-state index contributed by atoms with van der Waals surface area (Å²) >= 11 is 0. The molecule has 24 heavy (non-hydrogen) atoms. The highest BCUT2D eigenvalue weighted by atomic mass is 19.1. The van der Waals surface area contributed by atoms with Gasteiger partial charge in [0.1, 0.15) is 0 Å². The van der Waals surface area contributed by atoms with E-state index < -0.39 is 5.82 Å². The Morgan fingerprint density at radius 3 is 2.96 bits per heavy atom. The zero-order valence-corrected chi connectivity index (χ0v) is 13.0. The minimum absolute atomic E-state index is 0.156. The monoisotopic (exact) mass is 331 g/mol. The second-order valence-electron chi connectivity index (χ2n) is 6.91. The average Bonchev–Trinajstić information content (AvgIpc) is 2.84. The van der Waals surface area contributed by atoms with Crippen molar-refractivity contribution in [3.05, 3.63) is 24.4 Å². The number of rotatable bonds is 4. The van der Waals surface area contributed by atoms with E-state index in [1.54, 1.807) is 6.20 Å². The molecule has 3 fully saturated rings. The highest BCUT2D eigenvalue weighted by molar-refractivity contribution is 5.54. The molecule has 2 atom stereocenters. The summed E-state index contributed by atoms with van der Waals surface area (Å²) in [5, 5.41) is 7.37. The molecule has 3 N–H and O–H groups in total. The number of aromatic nitrogens is 4. The molecule has 1 aliphatic carbocycles. The van der Waals surface area contributed by atoms with Crippen molar-refractivity contribution < 1.29 is 9.13 Å². The molecule has 3 aliphatic rings. The summed E-state index contributed by atoms with van der Waals surface area (Å²) in [6, 6.07) is 0.280. The summed E-state index contributed by atoms with van der Waals surface area (Å²) < 4.78 is 21.1. The van der Waals surface area contributed by atoms with Crippen molar-refractivity contribution in [2.24, 2.45) is 11.7 Å². The van der Waals surface area contributed by atoms with Gasteiger partial charge in [-0.2, -0.15) is 10.1 Å². The summed E-state index contributed by atoms with van der Waals surface area (Å²) in [7, 11) is 0. The van der Waals surface area contributed by atoms with Crippen LogP contribution in [0.25, 0.3) is 0 Å². The molecule has 2 aromatic heterocycles. The fourth-order valence-electron chi connectivity index (χ4n) is 3.43. The predicted octanol–water partition coefficient (Wildman–Crippen LogP) is 0.664. The van der Waals surface area contributed by atoms with Gasteiger partial charge in [-0.05, 0) is 12.3 Å². The average molecular weight is 331 g/mol. The molecule has 0 amide bonds. The Bertz CT molecular complexity index is 792. The van der Waals surface area contributed by atoms with Crippen molar-refractivity contribution in [1.29, 1.82) is 0 Å². The van der Waals surface area contributed by atoms with E-state index in [-0.39, 0.29) is 11.6 Å². The Morgan fingerprint density at radius 1 is 1.38 bits per heavy atom. The third kappa shape index (κ3) is 2.23. The molecule has 9 heteroatoms. The van der Waals surface area contributed by atoms with Crippen molar-refractivity contribution in [3.8, 4) is 0 Å². The number of piperidine rings is 1. The molecule has 2 saturated heterocycles. The SMILES string of the molecule is N[C@@]12C[C@@H]1CN(c1nc(Nc3cnn(C4COC4)c3)ncc1F)C2. The number of fused-ring (bicyclic) bond motifs is 1. The van der Waals surface area contributed by atoms with Gasteiger partial charge >= 0.3 is 0 Å². The van der Waals surface area contributed by atoms with E-state index >= 15 is 0 Å². The largest absolute Gasteiger partial charge is 0.377 e. The first-order chi connectivity index (χ1) is 11.6. The van der Waals surface area contributed by atoms with Crippen LogP contribution in [0.3, 0.4) is 0 Å². The Hall–Kier alpha value is -2.26. The lowest BCUT2D eigenvalue weighted by Gasteiger charge is -2.25. The third-order valence-electron chi connectivity index (χ3n) is 5.08. The zero-order chi connectivity index (χ0) is 16.3. The normalized spacial score (nSPS) is 28.6. The van der Waals surface area contributed by atoms with Crippen LogP contribution in [0.1, 0.15) is 12.5 Å². The smallest absolute Gasteiger partial charge is 0.229 e. The molecule has 5 rings (SSSR count). The summed E-state index contributed by atoms with van der Waals surface area (Å²) in [5.74, 6) is 0.686. The van der Waals surface area contributed by atoms with Gasteiger partial charge in [0.25, 0.3) is 0 Å². The quantitative estimate of drug-likeness (QED) is 0.850. The van der Waals surface area contributed by atoms with Crippen molar-refractivity contribution in [3.63, 3.8) is 0 Å². The van der Waals surface area contributed by atoms with E-state index in [0.717, 1.165) is 18.7 Å². The molecule has 2 aromatic rings. The van der Waals surface area contributed by atoms with Gasteiger partial charge < -0.3 is 20.7 Å². The number of nitrogens with zero attached hydrogens (tertiary/aromatic N) is 5. The molecule has 0 bridgehead atoms. The fraction of sp³-hybridized carbons (Fsp3) is 0.533. The van der Waals surface area contributed by atoms with Crippen molar-refractivity contribution >= 4 is 17.5 Å². The highest BCUT2D eigenvalue weighted by Gasteiger charge is 2.57. The summed E-state index contributed by atoms with van der Waals surface area (Å²) in [5.41, 5.74) is 6.80. The first-order valence-corrected chi connectivity index (χ1v) is 8.06. The lowest BCUT2D eigenvalue weighted by molar-refractivity contribution is -0.0286. The summed E-state index contributed by atoms with van der Waals surface area (Å²) in [4.78, 5) is 10.3. The number of hydrogen-bond acceptors (Lipinski definition) is 7. The third-order valence-corrected chi connectivity index (χ3v) is 5.08. The minimum atomic E-state index is -0.423. The molecular weight excluding hydrogens is 313 g/mol. The van der Waals surface area contributed by atoms with Gasteiger partial charge in [0.15, 0.2) is 11.6 Å². The van der Waals surface area contributed by atoms with E-state index in [0.29, 0.717) is 37.4 Å². The number of halogens is 1. The van der Waals surface area contributed by atoms with Gasteiger partial charge in [-0.3, -0.25) is 4.68 Å². The van der Waals surface area contributed by atoms with Crippen LogP contribution in [-0.2, 0) is 4.74 Å². The van der Waals surface area contributed by atoms with Crippen molar-refractivity contribution in [2.45, 2.75) is 18.0 Å². The van der Waals surface area contributed by atoms with Crippen molar-refractivity contribution in [2.75, 3.05) is 36.5 Å². The van der Waals surface area contributed by atoms with Crippen LogP contribution in [0.2, 0.25) is 0 Å². The molecule has 126 valence electrons. The van der Waals surface area contributed by atoms with Gasteiger partial charge in [-0.15, -0.1) is 0 Å². The van der Waals surface area contributed by atoms with Crippen LogP contribution < -0.4 is 16.0 Å². The highest BCUT2D eigenvalue weighted by Crippen LogP contribution is 2.48. The van der Waals surface area contributed by atoms with E-state index in [2.05, 4.69) is 20.4 Å². The van der Waals surface area contributed by atoms with E-state index in [9.17, 15) is 4.39 Å². The molecule has 0 unspecified atom stereocenters. The molecule has 8 nitrogen and oxygen atoms in total. The van der Waals surface area contributed by atoms with Crippen LogP contribution in [0, 0.1) is 11.7 Å². The number of nitrogens with one attached hydrogen (secondary N) is 1. The van der Waals surface area contributed by atoms with Crippen LogP contribution in [0.5, 0.6) is 0 Å². The second-order valence-corrected chi connectivity index (χ2v) is 6.91. The molecule has 0 aromatic carbocycles. The number of hydrogen-bond donors (Lipinski definition) is 2. The predicted molar refractivity (Wildman–Crippen MR) is 84.6 cm³/mol. The molecule has 4 heterocycles. The zero-order valence-electron chi connectivity index (χ0n) is 13.0. The summed E-state index contributed by atoms with van der Waals surface area (Å²) in [6.07, 6.45) is 5.79.